The highest BCUT2D eigenvalue weighted by atomic mass is 79.9. The van der Waals surface area contributed by atoms with Crippen molar-refractivity contribution in [1.29, 1.82) is 0 Å². The Hall–Kier alpha value is -0.660. The lowest BCUT2D eigenvalue weighted by Crippen LogP contribution is -2.38. The molecular formula is C10H15BrN4OS. The highest BCUT2D eigenvalue weighted by molar-refractivity contribution is 9.11. The van der Waals surface area contributed by atoms with Gasteiger partial charge < -0.3 is 10.6 Å². The number of rotatable bonds is 2. The largest absolute Gasteiger partial charge is 0.351 e. The fourth-order valence-electron chi connectivity index (χ4n) is 1.93. The number of halogens is 1. The Bertz CT molecular complexity index is 397. The quantitative estimate of drug-likeness (QED) is 0.898. The summed E-state index contributed by atoms with van der Waals surface area (Å²) in [6.07, 6.45) is 2.87. The highest BCUT2D eigenvalue weighted by Gasteiger charge is 2.17. The second kappa shape index (κ2) is 5.79. The molecule has 2 heterocycles. The summed E-state index contributed by atoms with van der Waals surface area (Å²) in [6.45, 7) is 4.25. The maximum Gasteiger partial charge on any atom is 0.314 e. The third-order valence-corrected chi connectivity index (χ3v) is 4.27. The molecule has 2 amide bonds. The van der Waals surface area contributed by atoms with Crippen molar-refractivity contribution >= 4 is 33.3 Å². The van der Waals surface area contributed by atoms with Crippen molar-refractivity contribution in [2.45, 2.75) is 13.0 Å². The summed E-state index contributed by atoms with van der Waals surface area (Å²) in [5.41, 5.74) is 5.29. The van der Waals surface area contributed by atoms with Crippen molar-refractivity contribution < 1.29 is 4.79 Å². The van der Waals surface area contributed by atoms with E-state index < -0.39 is 0 Å². The van der Waals surface area contributed by atoms with Gasteiger partial charge in [0, 0.05) is 43.8 Å². The van der Waals surface area contributed by atoms with Gasteiger partial charge in [0.2, 0.25) is 0 Å². The van der Waals surface area contributed by atoms with E-state index in [9.17, 15) is 4.79 Å². The van der Waals surface area contributed by atoms with Crippen LogP contribution in [0.25, 0.3) is 0 Å². The molecule has 1 aromatic heterocycles. The van der Waals surface area contributed by atoms with Crippen LogP contribution in [0.15, 0.2) is 10.1 Å². The molecule has 0 saturated carbocycles. The van der Waals surface area contributed by atoms with Gasteiger partial charge in [-0.15, -0.1) is 11.3 Å². The Morgan fingerprint density at radius 2 is 2.29 bits per heavy atom. The first-order valence-electron chi connectivity index (χ1n) is 5.52. The van der Waals surface area contributed by atoms with Crippen LogP contribution in [0.1, 0.15) is 11.3 Å². The molecule has 2 N–H and O–H groups in total. The SMILES string of the molecule is NC(=O)N1CCCN(Cc2cnc(Br)s2)CC1. The van der Waals surface area contributed by atoms with Crippen LogP contribution < -0.4 is 5.73 Å². The summed E-state index contributed by atoms with van der Waals surface area (Å²) in [5.74, 6) is 0. The van der Waals surface area contributed by atoms with Gasteiger partial charge in [-0.2, -0.15) is 0 Å². The minimum absolute atomic E-state index is 0.313. The van der Waals surface area contributed by atoms with Crippen LogP contribution in [0.5, 0.6) is 0 Å². The van der Waals surface area contributed by atoms with Crippen LogP contribution in [-0.4, -0.2) is 47.0 Å². The number of primary amides is 1. The highest BCUT2D eigenvalue weighted by Crippen LogP contribution is 2.20. The summed E-state index contributed by atoms with van der Waals surface area (Å²) >= 11 is 5.01. The first-order chi connectivity index (χ1) is 8.15. The lowest BCUT2D eigenvalue weighted by molar-refractivity contribution is 0.207. The van der Waals surface area contributed by atoms with Crippen LogP contribution in [-0.2, 0) is 6.54 Å². The molecule has 1 aliphatic heterocycles. The van der Waals surface area contributed by atoms with Gasteiger partial charge in [0.15, 0.2) is 3.92 Å². The Kier molecular flexibility index (Phi) is 4.36. The van der Waals surface area contributed by atoms with Crippen molar-refractivity contribution in [3.63, 3.8) is 0 Å². The standard InChI is InChI=1S/C10H15BrN4OS/c11-9-13-6-8(17-9)7-14-2-1-3-15(5-4-14)10(12)16/h6H,1-5,7H2,(H2,12,16). The number of carbonyl (C=O) groups excluding carboxylic acids is 1. The molecule has 0 bridgehead atoms. The predicted octanol–water partition coefficient (Wildman–Crippen LogP) is 1.49. The number of aromatic nitrogens is 1. The smallest absolute Gasteiger partial charge is 0.314 e. The van der Waals surface area contributed by atoms with Crippen molar-refractivity contribution in [2.75, 3.05) is 26.2 Å². The monoisotopic (exact) mass is 318 g/mol. The fraction of sp³-hybridized carbons (Fsp3) is 0.600. The van der Waals surface area contributed by atoms with E-state index in [1.807, 2.05) is 6.20 Å². The van der Waals surface area contributed by atoms with Gasteiger partial charge >= 0.3 is 6.03 Å². The number of nitrogens with zero attached hydrogens (tertiary/aromatic N) is 3. The van der Waals surface area contributed by atoms with Gasteiger partial charge in [-0.05, 0) is 22.4 Å². The molecule has 94 valence electrons. The van der Waals surface area contributed by atoms with E-state index in [0.717, 1.165) is 43.1 Å². The van der Waals surface area contributed by atoms with E-state index >= 15 is 0 Å². The number of hydrogen-bond acceptors (Lipinski definition) is 4. The maximum atomic E-state index is 11.1. The Morgan fingerprint density at radius 3 is 2.94 bits per heavy atom. The molecule has 0 atom stereocenters. The molecule has 7 heteroatoms. The van der Waals surface area contributed by atoms with Gasteiger partial charge in [-0.3, -0.25) is 4.90 Å². The minimum Gasteiger partial charge on any atom is -0.351 e. The van der Waals surface area contributed by atoms with Crippen molar-refractivity contribution in [3.05, 3.63) is 15.0 Å². The zero-order valence-corrected chi connectivity index (χ0v) is 11.8. The molecule has 1 fully saturated rings. The lowest BCUT2D eigenvalue weighted by Gasteiger charge is -2.19. The molecule has 0 spiro atoms. The maximum absolute atomic E-state index is 11.1. The second-order valence-corrected chi connectivity index (χ2v) is 6.43. The molecular weight excluding hydrogens is 304 g/mol. The number of nitrogens with two attached hydrogens (primary N) is 1. The van der Waals surface area contributed by atoms with Crippen LogP contribution >= 0.6 is 27.3 Å². The van der Waals surface area contributed by atoms with Crippen molar-refractivity contribution in [3.8, 4) is 0 Å². The number of amides is 2. The summed E-state index contributed by atoms with van der Waals surface area (Å²) in [4.78, 5) is 20.6. The first kappa shape index (κ1) is 12.8. The Morgan fingerprint density at radius 1 is 1.47 bits per heavy atom. The van der Waals surface area contributed by atoms with E-state index in [1.165, 1.54) is 4.88 Å². The summed E-state index contributed by atoms with van der Waals surface area (Å²) in [5, 5.41) is 0. The van der Waals surface area contributed by atoms with Crippen LogP contribution in [0.4, 0.5) is 4.79 Å². The number of urea groups is 1. The van der Waals surface area contributed by atoms with E-state index in [2.05, 4.69) is 25.8 Å². The normalized spacial score (nSPS) is 18.1. The molecule has 1 aromatic rings. The summed E-state index contributed by atoms with van der Waals surface area (Å²) in [6, 6.07) is -0.313. The Labute approximate surface area is 113 Å². The van der Waals surface area contributed by atoms with Gasteiger partial charge in [0.1, 0.15) is 0 Å². The van der Waals surface area contributed by atoms with Gasteiger partial charge in [0.05, 0.1) is 0 Å². The molecule has 2 rings (SSSR count). The van der Waals surface area contributed by atoms with Crippen LogP contribution in [0, 0.1) is 0 Å². The predicted molar refractivity (Wildman–Crippen MR) is 70.9 cm³/mol. The van der Waals surface area contributed by atoms with Crippen molar-refractivity contribution in [2.24, 2.45) is 5.73 Å². The van der Waals surface area contributed by atoms with Crippen LogP contribution in [0.3, 0.4) is 0 Å². The minimum atomic E-state index is -0.313. The average molecular weight is 319 g/mol. The molecule has 0 radical (unpaired) electrons. The third kappa shape index (κ3) is 3.65. The molecule has 1 saturated heterocycles. The number of thiazole rings is 1. The van der Waals surface area contributed by atoms with Gasteiger partial charge in [-0.25, -0.2) is 9.78 Å². The molecule has 0 aliphatic carbocycles. The average Bonchev–Trinajstić information content (AvgIpc) is 2.54. The number of carbonyl (C=O) groups is 1. The topological polar surface area (TPSA) is 62.5 Å². The first-order valence-corrected chi connectivity index (χ1v) is 7.13. The zero-order valence-electron chi connectivity index (χ0n) is 9.43. The molecule has 5 nitrogen and oxygen atoms in total. The molecule has 1 aliphatic rings. The lowest BCUT2D eigenvalue weighted by atomic mass is 10.4. The number of hydrogen-bond donors (Lipinski definition) is 1. The fourth-order valence-corrected chi connectivity index (χ4v) is 3.33. The van der Waals surface area contributed by atoms with E-state index in [0.29, 0.717) is 0 Å². The second-order valence-electron chi connectivity index (χ2n) is 4.03. The third-order valence-electron chi connectivity index (χ3n) is 2.80. The molecule has 0 unspecified atom stereocenters. The molecule has 17 heavy (non-hydrogen) atoms. The van der Waals surface area contributed by atoms with Crippen LogP contribution in [0.2, 0.25) is 0 Å². The zero-order chi connectivity index (χ0) is 12.3. The van der Waals surface area contributed by atoms with Crippen molar-refractivity contribution in [1.82, 2.24) is 14.8 Å². The van der Waals surface area contributed by atoms with Gasteiger partial charge in [0.25, 0.3) is 0 Å². The summed E-state index contributed by atoms with van der Waals surface area (Å²) in [7, 11) is 0. The molecule has 0 aromatic carbocycles. The Balaban J connectivity index is 1.88. The van der Waals surface area contributed by atoms with E-state index in [1.54, 1.807) is 16.2 Å². The summed E-state index contributed by atoms with van der Waals surface area (Å²) < 4.78 is 0.918. The van der Waals surface area contributed by atoms with E-state index in [-0.39, 0.29) is 6.03 Å². The van der Waals surface area contributed by atoms with Gasteiger partial charge in [-0.1, -0.05) is 0 Å². The van der Waals surface area contributed by atoms with E-state index in [4.69, 9.17) is 5.73 Å².